The van der Waals surface area contributed by atoms with Crippen LogP contribution in [0.25, 0.3) is 0 Å². The van der Waals surface area contributed by atoms with Gasteiger partial charge in [-0.05, 0) is 29.8 Å². The zero-order chi connectivity index (χ0) is 15.6. The van der Waals surface area contributed by atoms with E-state index in [0.717, 1.165) is 12.1 Å². The number of halogens is 4. The van der Waals surface area contributed by atoms with E-state index >= 15 is 0 Å². The molecule has 110 valence electrons. The van der Waals surface area contributed by atoms with Crippen LogP contribution in [0.4, 0.5) is 23.2 Å². The molecule has 0 radical (unpaired) electrons. The van der Waals surface area contributed by atoms with Crippen molar-refractivity contribution in [3.63, 3.8) is 0 Å². The Kier molecular flexibility index (Phi) is 4.42. The Labute approximate surface area is 123 Å². The van der Waals surface area contributed by atoms with Gasteiger partial charge in [0.05, 0.1) is 5.69 Å². The van der Waals surface area contributed by atoms with Crippen LogP contribution >= 0.6 is 12.2 Å². The average molecular weight is 314 g/mol. The van der Waals surface area contributed by atoms with Crippen LogP contribution in [-0.2, 0) is 6.54 Å². The Bertz CT molecular complexity index is 704. The summed E-state index contributed by atoms with van der Waals surface area (Å²) < 4.78 is 53.2. The van der Waals surface area contributed by atoms with Crippen molar-refractivity contribution in [1.82, 2.24) is 0 Å². The monoisotopic (exact) mass is 314 g/mol. The van der Waals surface area contributed by atoms with Gasteiger partial charge in [-0.25, -0.2) is 17.6 Å². The first-order valence-electron chi connectivity index (χ1n) is 5.85. The van der Waals surface area contributed by atoms with Crippen LogP contribution < -0.4 is 11.1 Å². The highest BCUT2D eigenvalue weighted by atomic mass is 32.1. The second-order valence-corrected chi connectivity index (χ2v) is 4.69. The van der Waals surface area contributed by atoms with Crippen molar-refractivity contribution in [1.29, 1.82) is 0 Å². The van der Waals surface area contributed by atoms with Crippen LogP contribution in [0.15, 0.2) is 30.3 Å². The van der Waals surface area contributed by atoms with E-state index in [0.29, 0.717) is 5.56 Å². The largest absolute Gasteiger partial charge is 0.389 e. The first-order valence-corrected chi connectivity index (χ1v) is 6.26. The highest BCUT2D eigenvalue weighted by Gasteiger charge is 2.14. The molecule has 0 atom stereocenters. The summed E-state index contributed by atoms with van der Waals surface area (Å²) >= 11 is 4.59. The van der Waals surface area contributed by atoms with Crippen molar-refractivity contribution in [3.8, 4) is 0 Å². The number of hydrogen-bond acceptors (Lipinski definition) is 2. The van der Waals surface area contributed by atoms with Crippen molar-refractivity contribution in [3.05, 3.63) is 64.7 Å². The molecule has 0 bridgehead atoms. The smallest absolute Gasteiger partial charge is 0.182 e. The average Bonchev–Trinajstić information content (AvgIpc) is 2.43. The molecule has 0 saturated heterocycles. The van der Waals surface area contributed by atoms with Crippen molar-refractivity contribution in [2.75, 3.05) is 5.32 Å². The molecular formula is C14H10F4N2S. The van der Waals surface area contributed by atoms with Crippen molar-refractivity contribution in [2.24, 2.45) is 5.73 Å². The lowest BCUT2D eigenvalue weighted by Gasteiger charge is -2.10. The molecule has 0 heterocycles. The maximum atomic E-state index is 13.8. The molecule has 0 aromatic heterocycles. The minimum atomic E-state index is -1.15. The molecule has 0 aliphatic carbocycles. The molecule has 0 aliphatic rings. The summed E-state index contributed by atoms with van der Waals surface area (Å²) in [6, 6.07) is 5.78. The number of nitrogens with one attached hydrogen (secondary N) is 1. The molecule has 3 N–H and O–H groups in total. The van der Waals surface area contributed by atoms with Crippen molar-refractivity contribution in [2.45, 2.75) is 6.54 Å². The molecule has 7 heteroatoms. The van der Waals surface area contributed by atoms with Gasteiger partial charge in [0.2, 0.25) is 0 Å². The maximum Gasteiger partial charge on any atom is 0.182 e. The van der Waals surface area contributed by atoms with Gasteiger partial charge in [0, 0.05) is 12.1 Å². The van der Waals surface area contributed by atoms with Gasteiger partial charge in [0.1, 0.15) is 4.99 Å². The van der Waals surface area contributed by atoms with Crippen LogP contribution in [0, 0.1) is 23.3 Å². The summed E-state index contributed by atoms with van der Waals surface area (Å²) in [7, 11) is 0. The van der Waals surface area contributed by atoms with Gasteiger partial charge in [-0.15, -0.1) is 0 Å². The number of hydrogen-bond donors (Lipinski definition) is 2. The second-order valence-electron chi connectivity index (χ2n) is 4.25. The Morgan fingerprint density at radius 2 is 1.71 bits per heavy atom. The van der Waals surface area contributed by atoms with Crippen molar-refractivity contribution >= 4 is 22.9 Å². The number of anilines is 1. The summed E-state index contributed by atoms with van der Waals surface area (Å²) in [6.45, 7) is -0.0000217. The standard InChI is InChI=1S/C14H10F4N2S/c15-9-3-1-7(5-10(9)16)6-20-11-4-2-8(14(19)21)12(17)13(11)18/h1-5,20H,6H2,(H2,19,21). The summed E-state index contributed by atoms with van der Waals surface area (Å²) in [6.07, 6.45) is 0. The fraction of sp³-hybridized carbons (Fsp3) is 0.0714. The Morgan fingerprint density at radius 1 is 1.00 bits per heavy atom. The highest BCUT2D eigenvalue weighted by Crippen LogP contribution is 2.21. The molecule has 0 fully saturated rings. The van der Waals surface area contributed by atoms with E-state index in [2.05, 4.69) is 17.5 Å². The van der Waals surface area contributed by atoms with E-state index in [9.17, 15) is 17.6 Å². The minimum Gasteiger partial charge on any atom is -0.389 e. The lowest BCUT2D eigenvalue weighted by atomic mass is 10.1. The Balaban J connectivity index is 2.18. The number of nitrogens with two attached hydrogens (primary N) is 1. The molecule has 2 aromatic carbocycles. The number of thiocarbonyl (C=S) groups is 1. The van der Waals surface area contributed by atoms with Crippen LogP contribution in [0.1, 0.15) is 11.1 Å². The Hall–Kier alpha value is -2.15. The first kappa shape index (κ1) is 15.2. The molecule has 21 heavy (non-hydrogen) atoms. The molecule has 0 amide bonds. The van der Waals surface area contributed by atoms with E-state index in [1.54, 1.807) is 0 Å². The highest BCUT2D eigenvalue weighted by molar-refractivity contribution is 7.80. The van der Waals surface area contributed by atoms with E-state index in [-0.39, 0.29) is 22.8 Å². The van der Waals surface area contributed by atoms with Crippen molar-refractivity contribution < 1.29 is 17.6 Å². The summed E-state index contributed by atoms with van der Waals surface area (Å²) in [5.41, 5.74) is 5.32. The topological polar surface area (TPSA) is 38.0 Å². The quantitative estimate of drug-likeness (QED) is 0.670. The van der Waals surface area contributed by atoms with E-state index in [1.807, 2.05) is 0 Å². The lowest BCUT2D eigenvalue weighted by Crippen LogP contribution is -2.14. The molecule has 0 aliphatic heterocycles. The predicted molar refractivity (Wildman–Crippen MR) is 75.9 cm³/mol. The molecule has 2 aromatic rings. The van der Waals surface area contributed by atoms with Crippen LogP contribution in [0.3, 0.4) is 0 Å². The van der Waals surface area contributed by atoms with Crippen LogP contribution in [-0.4, -0.2) is 4.99 Å². The first-order chi connectivity index (χ1) is 9.90. The van der Waals surface area contributed by atoms with E-state index < -0.39 is 23.3 Å². The van der Waals surface area contributed by atoms with Gasteiger partial charge >= 0.3 is 0 Å². The third-order valence-corrected chi connectivity index (χ3v) is 3.03. The van der Waals surface area contributed by atoms with E-state index in [1.165, 1.54) is 18.2 Å². The molecule has 0 spiro atoms. The third-order valence-electron chi connectivity index (χ3n) is 2.81. The van der Waals surface area contributed by atoms with Crippen LogP contribution in [0.2, 0.25) is 0 Å². The molecule has 0 saturated carbocycles. The minimum absolute atomic E-state index is 0.0000217. The second kappa shape index (κ2) is 6.09. The van der Waals surface area contributed by atoms with E-state index in [4.69, 9.17) is 5.73 Å². The number of benzene rings is 2. The fourth-order valence-corrected chi connectivity index (χ4v) is 1.88. The predicted octanol–water partition coefficient (Wildman–Crippen LogP) is 3.49. The summed E-state index contributed by atoms with van der Waals surface area (Å²) in [4.78, 5) is -0.251. The molecule has 2 rings (SSSR count). The zero-order valence-corrected chi connectivity index (χ0v) is 11.4. The van der Waals surface area contributed by atoms with Gasteiger partial charge in [-0.2, -0.15) is 0 Å². The normalized spacial score (nSPS) is 10.5. The maximum absolute atomic E-state index is 13.8. The molecule has 2 nitrogen and oxygen atoms in total. The number of rotatable bonds is 4. The van der Waals surface area contributed by atoms with Gasteiger partial charge in [-0.3, -0.25) is 0 Å². The molecule has 0 unspecified atom stereocenters. The zero-order valence-electron chi connectivity index (χ0n) is 10.6. The molecular weight excluding hydrogens is 304 g/mol. The summed E-state index contributed by atoms with van der Waals surface area (Å²) in [5.74, 6) is -4.28. The summed E-state index contributed by atoms with van der Waals surface area (Å²) in [5, 5.41) is 2.59. The van der Waals surface area contributed by atoms with Gasteiger partial charge in [0.25, 0.3) is 0 Å². The fourth-order valence-electron chi connectivity index (χ4n) is 1.72. The third kappa shape index (κ3) is 3.30. The SMILES string of the molecule is NC(=S)c1ccc(NCc2ccc(F)c(F)c2)c(F)c1F. The Morgan fingerprint density at radius 3 is 2.33 bits per heavy atom. The van der Waals surface area contributed by atoms with Crippen LogP contribution in [0.5, 0.6) is 0 Å². The van der Waals surface area contributed by atoms with Gasteiger partial charge < -0.3 is 11.1 Å². The lowest BCUT2D eigenvalue weighted by molar-refractivity contribution is 0.506. The van der Waals surface area contributed by atoms with Gasteiger partial charge in [0.15, 0.2) is 23.3 Å². The van der Waals surface area contributed by atoms with Gasteiger partial charge in [-0.1, -0.05) is 18.3 Å².